The van der Waals surface area contributed by atoms with Crippen molar-refractivity contribution in [3.8, 4) is 0 Å². The van der Waals surface area contributed by atoms with E-state index in [2.05, 4.69) is 37.6 Å². The molecule has 64 heavy (non-hydrogen) atoms. The summed E-state index contributed by atoms with van der Waals surface area (Å²) in [4.78, 5) is 35.0. The van der Waals surface area contributed by atoms with E-state index in [0.29, 0.717) is 44.4 Å². The molecule has 6 saturated carbocycles. The van der Waals surface area contributed by atoms with E-state index >= 15 is 0 Å². The van der Waals surface area contributed by atoms with E-state index in [1.807, 2.05) is 0 Å². The smallest absolute Gasteiger partial charge is 0.446 e. The number of carbonyl (C=O) groups is 3. The van der Waals surface area contributed by atoms with Gasteiger partial charge in [0.2, 0.25) is 0 Å². The van der Waals surface area contributed by atoms with E-state index in [-0.39, 0.29) is 55.7 Å². The van der Waals surface area contributed by atoms with Gasteiger partial charge in [0.25, 0.3) is 5.00 Å². The molecule has 6 aliphatic rings. The first-order chi connectivity index (χ1) is 29.5. The Balaban J connectivity index is 0.000000256. The lowest BCUT2D eigenvalue weighted by Crippen LogP contribution is -2.61. The molecule has 0 amide bonds. The number of hydrogen-bond acceptors (Lipinski definition) is 21. The van der Waals surface area contributed by atoms with E-state index in [1.54, 1.807) is 0 Å². The zero-order valence-electron chi connectivity index (χ0n) is 32.7. The van der Waals surface area contributed by atoms with Crippen molar-refractivity contribution in [2.24, 2.45) is 17.8 Å². The minimum atomic E-state index is -6.20. The second kappa shape index (κ2) is 23.0. The zero-order chi connectivity index (χ0) is 48.5. The fourth-order valence-electron chi connectivity index (χ4n) is 8.15. The van der Waals surface area contributed by atoms with Gasteiger partial charge >= 0.3 is 46.2 Å². The van der Waals surface area contributed by atoms with Gasteiger partial charge in [-0.2, -0.15) is 52.5 Å². The van der Waals surface area contributed by atoms with Crippen LogP contribution in [-0.4, -0.2) is 103 Å². The topological polar surface area (TPSA) is 264 Å². The monoisotopic (exact) mass is 1020 g/mol. The molecule has 6 fully saturated rings. The Bertz CT molecular complexity index is 1500. The van der Waals surface area contributed by atoms with Crippen LogP contribution in [0.25, 0.3) is 0 Å². The van der Waals surface area contributed by atoms with E-state index in [1.165, 1.54) is 0 Å². The fraction of sp³-hybridized carbons (Fsp3) is 0.906. The summed E-state index contributed by atoms with van der Waals surface area (Å²) in [6, 6.07) is 0. The van der Waals surface area contributed by atoms with Gasteiger partial charge < -0.3 is 45.3 Å². The van der Waals surface area contributed by atoms with Crippen molar-refractivity contribution in [2.45, 2.75) is 160 Å². The summed E-state index contributed by atoms with van der Waals surface area (Å²) in [6.45, 7) is 0.967. The third-order valence-corrected chi connectivity index (χ3v) is 13.3. The van der Waals surface area contributed by atoms with Crippen LogP contribution in [0.15, 0.2) is 0 Å². The quantitative estimate of drug-likeness (QED) is 0.0529. The zero-order valence-corrected chi connectivity index (χ0v) is 35.1. The molecule has 0 aromatic heterocycles. The Labute approximate surface area is 367 Å². The van der Waals surface area contributed by atoms with Crippen molar-refractivity contribution in [3.05, 3.63) is 0 Å². The molecule has 8 unspecified atom stereocenters. The average molecular weight is 1020 g/mol. The summed E-state index contributed by atoms with van der Waals surface area (Å²) >= 11 is -2.72. The molecule has 4 bridgehead atoms. The third-order valence-electron chi connectivity index (χ3n) is 11.0. The van der Waals surface area contributed by atoms with Crippen LogP contribution >= 0.6 is 36.1 Å². The molecule has 0 radical (unpaired) electrons. The van der Waals surface area contributed by atoms with Crippen molar-refractivity contribution in [1.82, 2.24) is 0 Å². The number of ether oxygens (including phenoxy) is 3. The Kier molecular flexibility index (Phi) is 20.3. The van der Waals surface area contributed by atoms with Crippen LogP contribution in [-0.2, 0) is 56.7 Å². The predicted molar refractivity (Wildman–Crippen MR) is 181 cm³/mol. The van der Waals surface area contributed by atoms with Crippen LogP contribution in [0, 0.1) is 17.8 Å². The molecular formula is C32H40F11O18S3-3. The van der Waals surface area contributed by atoms with Crippen molar-refractivity contribution in [1.29, 1.82) is 0 Å². The summed E-state index contributed by atoms with van der Waals surface area (Å²) < 4.78 is 162. The fourth-order valence-corrected chi connectivity index (χ4v) is 9.19. The molecule has 0 saturated heterocycles. The summed E-state index contributed by atoms with van der Waals surface area (Å²) in [5.74, 6) is -5.43. The van der Waals surface area contributed by atoms with Crippen LogP contribution < -0.4 is 15.8 Å². The van der Waals surface area contributed by atoms with E-state index in [9.17, 15) is 93.8 Å². The molecule has 0 heterocycles. The summed E-state index contributed by atoms with van der Waals surface area (Å²) in [6.07, 6.45) is -17.6. The first-order valence-electron chi connectivity index (χ1n) is 18.8. The van der Waals surface area contributed by atoms with Crippen LogP contribution in [0.3, 0.4) is 0 Å². The lowest BCUT2D eigenvalue weighted by molar-refractivity contribution is -0.777. The molecule has 3 N–H and O–H groups in total. The van der Waals surface area contributed by atoms with Crippen LogP contribution in [0.1, 0.15) is 90.4 Å². The van der Waals surface area contributed by atoms with Gasteiger partial charge in [0.15, 0.2) is 0 Å². The van der Waals surface area contributed by atoms with Gasteiger partial charge in [-0.25, -0.2) is 23.2 Å². The highest BCUT2D eigenvalue weighted by Crippen LogP contribution is 2.58. The lowest BCUT2D eigenvalue weighted by Gasteiger charge is -2.57. The molecule has 374 valence electrons. The summed E-state index contributed by atoms with van der Waals surface area (Å²) in [5, 5.41) is 59.1. The number of aliphatic hydroxyl groups excluding tert-OH is 3. The number of aliphatic hydroxyl groups is 3. The number of esters is 3. The predicted octanol–water partition coefficient (Wildman–Crippen LogP) is 3.53. The maximum atomic E-state index is 14.1. The highest BCUT2D eigenvalue weighted by atomic mass is 32.2. The molecule has 6 rings (SSSR count). The third kappa shape index (κ3) is 13.7. The standard InChI is InChI=1S/C13H19FO6S.C10H12F6O6S.C9H12F4O6S/c1-12(14,21-20-19-17)11(16)18-13-4-7-2-8(5-13)10(15)9(3-7)6-13;11-9(12,13)8(10(14,15)16,23-22-21-19)7(18)20-6-4-2-1-3-5(6)17;10-8(9(11,12)13,20-19-18-16)7(15)17-6-4-2-1-3-5(6)14/h7-10,15,17H,2-6H2,1H3;5-6,17,19H,1-4H2;5-6,14,16H,1-4H2/p-3. The average Bonchev–Trinajstić information content (AvgIpc) is 3.18. The van der Waals surface area contributed by atoms with Crippen molar-refractivity contribution in [3.63, 3.8) is 0 Å². The minimum Gasteiger partial charge on any atom is -0.691 e. The molecule has 8 atom stereocenters. The molecule has 6 aliphatic carbocycles. The van der Waals surface area contributed by atoms with Crippen molar-refractivity contribution in [2.75, 3.05) is 0 Å². The van der Waals surface area contributed by atoms with Gasteiger partial charge in [-0.3, -0.25) is 15.1 Å². The molecule has 0 spiro atoms. The Hall–Kier alpha value is -1.79. The first-order valence-corrected chi connectivity index (χ1v) is 21.0. The molecule has 0 aliphatic heterocycles. The van der Waals surface area contributed by atoms with Crippen LogP contribution in [0.2, 0.25) is 0 Å². The van der Waals surface area contributed by atoms with Gasteiger partial charge in [-0.05, 0) is 95.3 Å². The molecule has 18 nitrogen and oxygen atoms in total. The van der Waals surface area contributed by atoms with Gasteiger partial charge in [-0.15, -0.1) is 0 Å². The summed E-state index contributed by atoms with van der Waals surface area (Å²) in [7, 11) is 0. The number of carbonyl (C=O) groups excluding carboxylic acids is 3. The van der Waals surface area contributed by atoms with Crippen LogP contribution in [0.4, 0.5) is 48.3 Å². The SMILES string of the molecule is CC(F)(SOO[O-])C(=O)OC12CC3CC(C1)C(O)C(C3)C2.O=C(OC1CCCCC1O)C(F)(SOO[O-])C(F)(F)F.O=C(OC1CCCCC1O)C(SOO[O-])(C(F)(F)F)C(F)(F)F. The highest BCUT2D eigenvalue weighted by molar-refractivity contribution is 7.97. The Morgan fingerprint density at radius 1 is 0.578 bits per heavy atom. The Morgan fingerprint density at radius 3 is 1.42 bits per heavy atom. The number of halogens is 11. The molecular weight excluding hydrogens is 978 g/mol. The van der Waals surface area contributed by atoms with Crippen molar-refractivity contribution >= 4 is 54.0 Å². The number of alkyl halides is 11. The minimum absolute atomic E-state index is 0.00936. The van der Waals surface area contributed by atoms with E-state index < -0.39 is 105 Å². The van der Waals surface area contributed by atoms with Gasteiger partial charge in [0.1, 0.15) is 17.8 Å². The second-order valence-corrected chi connectivity index (χ2v) is 18.3. The number of hydrogen-bond donors (Lipinski definition) is 3. The molecule has 0 aromatic rings. The van der Waals surface area contributed by atoms with Gasteiger partial charge in [0.05, 0.1) is 54.4 Å². The normalized spacial score (nSPS) is 31.2. The largest absolute Gasteiger partial charge is 0.691 e. The van der Waals surface area contributed by atoms with Crippen LogP contribution in [0.5, 0.6) is 0 Å². The second-order valence-electron chi connectivity index (χ2n) is 15.5. The van der Waals surface area contributed by atoms with Gasteiger partial charge in [0, 0.05) is 0 Å². The maximum absolute atomic E-state index is 14.1. The number of rotatable bonds is 15. The summed E-state index contributed by atoms with van der Waals surface area (Å²) in [5.41, 5.74) is -0.682. The Morgan fingerprint density at radius 2 is 1.00 bits per heavy atom. The van der Waals surface area contributed by atoms with E-state index in [4.69, 9.17) is 4.74 Å². The van der Waals surface area contributed by atoms with Gasteiger partial charge in [-0.1, -0.05) is 12.8 Å². The molecule has 0 aromatic carbocycles. The van der Waals surface area contributed by atoms with Crippen molar-refractivity contribution < 1.29 is 136 Å². The highest BCUT2D eigenvalue weighted by Gasteiger charge is 2.79. The maximum Gasteiger partial charge on any atom is 0.446 e. The first kappa shape index (κ1) is 56.5. The lowest BCUT2D eigenvalue weighted by atomic mass is 9.53. The molecule has 32 heteroatoms. The van der Waals surface area contributed by atoms with E-state index in [0.717, 1.165) is 26.2 Å².